The quantitative estimate of drug-likeness (QED) is 0.253. The van der Waals surface area contributed by atoms with E-state index in [1.54, 1.807) is 0 Å². The molecule has 1 heteroatoms. The van der Waals surface area contributed by atoms with Crippen molar-refractivity contribution in [2.45, 2.75) is 27.7 Å². The van der Waals surface area contributed by atoms with Crippen LogP contribution in [0.4, 0.5) is 0 Å². The van der Waals surface area contributed by atoms with E-state index >= 15 is 0 Å². The summed E-state index contributed by atoms with van der Waals surface area (Å²) in [5.41, 5.74) is 11.5. The normalized spacial score (nSPS) is 17.2. The number of hydrogen-bond donors (Lipinski definition) is 1. The lowest BCUT2D eigenvalue weighted by atomic mass is 9.83. The van der Waals surface area contributed by atoms with Crippen LogP contribution in [0.25, 0.3) is 49.9 Å². The van der Waals surface area contributed by atoms with Crippen LogP contribution >= 0.6 is 0 Å². The minimum absolute atomic E-state index is 0.357. The standard InChI is InChI=1S/C40H37N/c1-5-11-29-23-32(14-9-13-27(29)3)40-36-17-8-7-16-35(36)39(33-19-18-28(4)30(24-33)12-6-2)37-21-20-31(25-38(37)40)34-15-10-22-41-26-34/h5-25,27,41H,26H2,1-4H3/b11-5-,12-6-. The molecule has 1 aliphatic carbocycles. The van der Waals surface area contributed by atoms with Crippen molar-refractivity contribution in [2.75, 3.05) is 6.54 Å². The van der Waals surface area contributed by atoms with Crippen LogP contribution in [0.15, 0.2) is 127 Å². The molecule has 2 aliphatic rings. The topological polar surface area (TPSA) is 12.0 Å². The summed E-state index contributed by atoms with van der Waals surface area (Å²) in [6.45, 7) is 9.47. The highest BCUT2D eigenvalue weighted by Crippen LogP contribution is 2.44. The summed E-state index contributed by atoms with van der Waals surface area (Å²) in [5.74, 6) is 0.357. The van der Waals surface area contributed by atoms with Crippen molar-refractivity contribution < 1.29 is 0 Å². The number of rotatable bonds is 5. The molecule has 0 saturated heterocycles. The molecule has 1 atom stereocenters. The first-order valence-electron chi connectivity index (χ1n) is 14.6. The van der Waals surface area contributed by atoms with Crippen LogP contribution in [0.3, 0.4) is 0 Å². The van der Waals surface area contributed by atoms with Gasteiger partial charge in [-0.25, -0.2) is 0 Å². The summed E-state index contributed by atoms with van der Waals surface area (Å²) >= 11 is 0. The highest BCUT2D eigenvalue weighted by atomic mass is 14.8. The molecule has 0 saturated carbocycles. The molecular formula is C40H37N. The SMILES string of the molecule is C/C=C\C1=CC(c2c3ccccc3c(-c3ccc(C)c(/C=C\C)c3)c3ccc(C4=CC=CNC4)cc23)=CC=CC1C. The Morgan fingerprint density at radius 2 is 1.51 bits per heavy atom. The van der Waals surface area contributed by atoms with Gasteiger partial charge in [0.1, 0.15) is 0 Å². The zero-order valence-corrected chi connectivity index (χ0v) is 24.4. The molecule has 4 aromatic rings. The van der Waals surface area contributed by atoms with E-state index in [4.69, 9.17) is 0 Å². The van der Waals surface area contributed by atoms with Crippen LogP contribution in [-0.2, 0) is 0 Å². The van der Waals surface area contributed by atoms with E-state index in [0.29, 0.717) is 5.92 Å². The lowest BCUT2D eigenvalue weighted by Gasteiger charge is -2.20. The highest BCUT2D eigenvalue weighted by Gasteiger charge is 2.20. The van der Waals surface area contributed by atoms with Gasteiger partial charge in [-0.3, -0.25) is 0 Å². The van der Waals surface area contributed by atoms with E-state index < -0.39 is 0 Å². The molecule has 4 aromatic carbocycles. The second-order valence-corrected chi connectivity index (χ2v) is 11.0. The third kappa shape index (κ3) is 5.05. The maximum Gasteiger partial charge on any atom is 0.0401 e. The highest BCUT2D eigenvalue weighted by molar-refractivity contribution is 6.20. The fraction of sp³-hybridized carbons (Fsp3) is 0.150. The van der Waals surface area contributed by atoms with Crippen LogP contribution in [0.1, 0.15) is 43.0 Å². The molecule has 6 rings (SSSR count). The van der Waals surface area contributed by atoms with Gasteiger partial charge in [0, 0.05) is 6.54 Å². The van der Waals surface area contributed by atoms with Gasteiger partial charge in [-0.1, -0.05) is 110 Å². The molecular weight excluding hydrogens is 494 g/mol. The number of fused-ring (bicyclic) bond motifs is 2. The molecule has 1 nitrogen and oxygen atoms in total. The molecule has 0 bridgehead atoms. The van der Waals surface area contributed by atoms with Gasteiger partial charge in [0.25, 0.3) is 0 Å². The average molecular weight is 532 g/mol. The summed E-state index contributed by atoms with van der Waals surface area (Å²) in [6, 6.07) is 22.9. The Hall–Kier alpha value is -4.62. The largest absolute Gasteiger partial charge is 0.387 e. The van der Waals surface area contributed by atoms with Crippen molar-refractivity contribution in [1.29, 1.82) is 0 Å². The van der Waals surface area contributed by atoms with Gasteiger partial charge >= 0.3 is 0 Å². The first-order valence-corrected chi connectivity index (χ1v) is 14.6. The fourth-order valence-electron chi connectivity index (χ4n) is 6.16. The third-order valence-corrected chi connectivity index (χ3v) is 8.28. The first-order chi connectivity index (χ1) is 20.1. The lowest BCUT2D eigenvalue weighted by molar-refractivity contribution is 0.893. The van der Waals surface area contributed by atoms with Crippen molar-refractivity contribution in [3.05, 3.63) is 149 Å². The van der Waals surface area contributed by atoms with Crippen LogP contribution in [0.2, 0.25) is 0 Å². The average Bonchev–Trinajstić information content (AvgIpc) is 3.18. The van der Waals surface area contributed by atoms with Gasteiger partial charge in [-0.15, -0.1) is 0 Å². The number of dihydropyridines is 1. The van der Waals surface area contributed by atoms with Crippen LogP contribution in [0.5, 0.6) is 0 Å². The second-order valence-electron chi connectivity index (χ2n) is 11.0. The van der Waals surface area contributed by atoms with Gasteiger partial charge < -0.3 is 5.32 Å². The Kier molecular flexibility index (Phi) is 7.44. The molecule has 202 valence electrons. The smallest absolute Gasteiger partial charge is 0.0401 e. The molecule has 1 aliphatic heterocycles. The lowest BCUT2D eigenvalue weighted by Crippen LogP contribution is -2.11. The van der Waals surface area contributed by atoms with Gasteiger partial charge in [0.15, 0.2) is 0 Å². The molecule has 0 amide bonds. The maximum atomic E-state index is 3.39. The van der Waals surface area contributed by atoms with E-state index in [2.05, 4.69) is 154 Å². The number of hydrogen-bond acceptors (Lipinski definition) is 1. The number of allylic oxidation sites excluding steroid dienone is 11. The van der Waals surface area contributed by atoms with Gasteiger partial charge in [0.2, 0.25) is 0 Å². The Morgan fingerprint density at radius 3 is 2.27 bits per heavy atom. The zero-order chi connectivity index (χ0) is 28.3. The summed E-state index contributed by atoms with van der Waals surface area (Å²) in [7, 11) is 0. The van der Waals surface area contributed by atoms with Crippen molar-refractivity contribution in [2.24, 2.45) is 5.92 Å². The summed E-state index contributed by atoms with van der Waals surface area (Å²) in [6.07, 6.45) is 24.3. The minimum Gasteiger partial charge on any atom is -0.387 e. The van der Waals surface area contributed by atoms with Crippen molar-refractivity contribution in [3.8, 4) is 11.1 Å². The van der Waals surface area contributed by atoms with E-state index in [9.17, 15) is 0 Å². The number of nitrogens with one attached hydrogen (secondary N) is 1. The maximum absolute atomic E-state index is 3.39. The Labute approximate surface area is 244 Å². The second kappa shape index (κ2) is 11.5. The Balaban J connectivity index is 1.74. The molecule has 0 spiro atoms. The van der Waals surface area contributed by atoms with Crippen molar-refractivity contribution in [3.63, 3.8) is 0 Å². The molecule has 1 unspecified atom stereocenters. The van der Waals surface area contributed by atoms with Gasteiger partial charge in [-0.2, -0.15) is 0 Å². The predicted octanol–water partition coefficient (Wildman–Crippen LogP) is 10.6. The van der Waals surface area contributed by atoms with E-state index in [0.717, 1.165) is 6.54 Å². The predicted molar refractivity (Wildman–Crippen MR) is 181 cm³/mol. The van der Waals surface area contributed by atoms with Gasteiger partial charge in [-0.05, 0) is 123 Å². The zero-order valence-electron chi connectivity index (χ0n) is 24.4. The van der Waals surface area contributed by atoms with Crippen molar-refractivity contribution >= 4 is 38.8 Å². The minimum atomic E-state index is 0.357. The molecule has 0 radical (unpaired) electrons. The Morgan fingerprint density at radius 1 is 0.756 bits per heavy atom. The molecule has 0 fully saturated rings. The monoisotopic (exact) mass is 531 g/mol. The van der Waals surface area contributed by atoms with Crippen LogP contribution in [0, 0.1) is 12.8 Å². The van der Waals surface area contributed by atoms with Crippen LogP contribution < -0.4 is 5.32 Å². The van der Waals surface area contributed by atoms with Gasteiger partial charge in [0.05, 0.1) is 0 Å². The summed E-state index contributed by atoms with van der Waals surface area (Å²) < 4.78 is 0. The molecule has 0 aromatic heterocycles. The summed E-state index contributed by atoms with van der Waals surface area (Å²) in [5, 5.41) is 8.51. The van der Waals surface area contributed by atoms with Crippen molar-refractivity contribution in [1.82, 2.24) is 5.32 Å². The molecule has 1 heterocycles. The first kappa shape index (κ1) is 26.6. The van der Waals surface area contributed by atoms with Crippen LogP contribution in [-0.4, -0.2) is 6.54 Å². The summed E-state index contributed by atoms with van der Waals surface area (Å²) in [4.78, 5) is 0. The number of benzene rings is 4. The number of aryl methyl sites for hydroxylation is 1. The Bertz CT molecular complexity index is 1870. The molecule has 1 N–H and O–H groups in total. The third-order valence-electron chi connectivity index (χ3n) is 8.28. The fourth-order valence-corrected chi connectivity index (χ4v) is 6.16. The van der Waals surface area contributed by atoms with E-state index in [1.165, 1.54) is 71.6 Å². The van der Waals surface area contributed by atoms with E-state index in [1.807, 2.05) is 6.20 Å². The molecule has 41 heavy (non-hydrogen) atoms. The van der Waals surface area contributed by atoms with E-state index in [-0.39, 0.29) is 0 Å².